The van der Waals surface area contributed by atoms with Crippen LogP contribution in [-0.4, -0.2) is 11.8 Å². The highest BCUT2D eigenvalue weighted by Crippen LogP contribution is 2.12. The second-order valence-corrected chi connectivity index (χ2v) is 4.28. The number of hydrogen-bond donors (Lipinski definition) is 1. The molecule has 1 aromatic carbocycles. The first-order chi connectivity index (χ1) is 9.28. The van der Waals surface area contributed by atoms with Crippen LogP contribution in [0.25, 0.3) is 0 Å². The van der Waals surface area contributed by atoms with Gasteiger partial charge in [0.25, 0.3) is 0 Å². The third-order valence-corrected chi connectivity index (χ3v) is 2.60. The number of nitrogens with one attached hydrogen (secondary N) is 1. The highest BCUT2D eigenvalue weighted by atomic mass is 35.5. The molecule has 1 N–H and O–H groups in total. The van der Waals surface area contributed by atoms with E-state index in [2.05, 4.69) is 17.1 Å². The fourth-order valence-corrected chi connectivity index (χ4v) is 1.69. The highest BCUT2D eigenvalue weighted by Gasteiger charge is 2.00. The summed E-state index contributed by atoms with van der Waals surface area (Å²) in [6.45, 7) is 7.52. The lowest BCUT2D eigenvalue weighted by atomic mass is 10.2. The van der Waals surface area contributed by atoms with Crippen molar-refractivity contribution >= 4 is 12.4 Å². The Hall–Kier alpha value is -1.78. The summed E-state index contributed by atoms with van der Waals surface area (Å²) in [5, 5.41) is 7.24. The largest absolute Gasteiger partial charge is 0.490 e. The van der Waals surface area contributed by atoms with Crippen molar-refractivity contribution < 1.29 is 9.26 Å². The van der Waals surface area contributed by atoms with Crippen molar-refractivity contribution in [1.29, 1.82) is 0 Å². The molecule has 0 aliphatic rings. The Bertz CT molecular complexity index is 523. The molecule has 2 rings (SSSR count). The van der Waals surface area contributed by atoms with Crippen LogP contribution in [0, 0.1) is 6.92 Å². The maximum Gasteiger partial charge on any atom is 0.133 e. The van der Waals surface area contributed by atoms with Crippen molar-refractivity contribution in [1.82, 2.24) is 10.5 Å². The SMILES string of the molecule is C=CCOc1ccc(CNCc2cc(C)on2)cc1.Cl. The molecule has 1 aromatic heterocycles. The second kappa shape index (κ2) is 8.40. The number of benzene rings is 1. The summed E-state index contributed by atoms with van der Waals surface area (Å²) in [7, 11) is 0. The zero-order chi connectivity index (χ0) is 13.5. The molecule has 0 saturated heterocycles. The Morgan fingerprint density at radius 1 is 1.30 bits per heavy atom. The molecule has 0 bridgehead atoms. The maximum absolute atomic E-state index is 5.43. The molecular formula is C15H19ClN2O2. The van der Waals surface area contributed by atoms with E-state index in [1.54, 1.807) is 6.08 Å². The molecule has 108 valence electrons. The van der Waals surface area contributed by atoms with E-state index in [4.69, 9.17) is 9.26 Å². The van der Waals surface area contributed by atoms with Crippen molar-refractivity contribution in [2.75, 3.05) is 6.61 Å². The summed E-state index contributed by atoms with van der Waals surface area (Å²) < 4.78 is 10.4. The van der Waals surface area contributed by atoms with Gasteiger partial charge < -0.3 is 14.6 Å². The smallest absolute Gasteiger partial charge is 0.133 e. The molecule has 0 unspecified atom stereocenters. The van der Waals surface area contributed by atoms with Crippen molar-refractivity contribution in [3.8, 4) is 5.75 Å². The first-order valence-electron chi connectivity index (χ1n) is 6.23. The van der Waals surface area contributed by atoms with Gasteiger partial charge in [0.2, 0.25) is 0 Å². The molecule has 0 aliphatic carbocycles. The van der Waals surface area contributed by atoms with Gasteiger partial charge in [-0.2, -0.15) is 0 Å². The van der Waals surface area contributed by atoms with Crippen LogP contribution in [-0.2, 0) is 13.1 Å². The van der Waals surface area contributed by atoms with E-state index in [1.807, 2.05) is 37.3 Å². The number of rotatable bonds is 7. The fourth-order valence-electron chi connectivity index (χ4n) is 1.69. The van der Waals surface area contributed by atoms with E-state index in [9.17, 15) is 0 Å². The van der Waals surface area contributed by atoms with Crippen LogP contribution in [0.15, 0.2) is 47.5 Å². The van der Waals surface area contributed by atoms with E-state index >= 15 is 0 Å². The van der Waals surface area contributed by atoms with E-state index in [0.29, 0.717) is 13.2 Å². The van der Waals surface area contributed by atoms with Gasteiger partial charge in [-0.15, -0.1) is 12.4 Å². The predicted molar refractivity (Wildman–Crippen MR) is 81.2 cm³/mol. The summed E-state index contributed by atoms with van der Waals surface area (Å²) in [4.78, 5) is 0. The summed E-state index contributed by atoms with van der Waals surface area (Å²) in [5.74, 6) is 1.69. The number of hydrogen-bond acceptors (Lipinski definition) is 4. The third-order valence-electron chi connectivity index (χ3n) is 2.60. The quantitative estimate of drug-likeness (QED) is 0.796. The minimum absolute atomic E-state index is 0. The van der Waals surface area contributed by atoms with Crippen LogP contribution >= 0.6 is 12.4 Å². The molecule has 0 saturated carbocycles. The molecule has 2 aromatic rings. The summed E-state index contributed by atoms with van der Waals surface area (Å²) >= 11 is 0. The topological polar surface area (TPSA) is 47.3 Å². The Morgan fingerprint density at radius 2 is 2.05 bits per heavy atom. The molecule has 0 spiro atoms. The van der Waals surface area contributed by atoms with Gasteiger partial charge in [-0.05, 0) is 24.6 Å². The normalized spacial score (nSPS) is 9.85. The van der Waals surface area contributed by atoms with E-state index in [-0.39, 0.29) is 12.4 Å². The van der Waals surface area contributed by atoms with E-state index in [1.165, 1.54) is 5.56 Å². The number of ether oxygens (including phenoxy) is 1. The van der Waals surface area contributed by atoms with Crippen LogP contribution in [0.4, 0.5) is 0 Å². The van der Waals surface area contributed by atoms with Crippen molar-refractivity contribution in [2.45, 2.75) is 20.0 Å². The molecule has 1 heterocycles. The lowest BCUT2D eigenvalue weighted by molar-refractivity contribution is 0.363. The number of halogens is 1. The second-order valence-electron chi connectivity index (χ2n) is 4.28. The van der Waals surface area contributed by atoms with Gasteiger partial charge in [0, 0.05) is 19.2 Å². The third kappa shape index (κ3) is 5.07. The van der Waals surface area contributed by atoms with E-state index in [0.717, 1.165) is 23.7 Å². The van der Waals surface area contributed by atoms with Gasteiger partial charge in [-0.1, -0.05) is 29.9 Å². The minimum Gasteiger partial charge on any atom is -0.490 e. The number of nitrogens with zero attached hydrogens (tertiary/aromatic N) is 1. The van der Waals surface area contributed by atoms with Crippen LogP contribution in [0.5, 0.6) is 5.75 Å². The van der Waals surface area contributed by atoms with Crippen LogP contribution < -0.4 is 10.1 Å². The molecule has 0 radical (unpaired) electrons. The summed E-state index contributed by atoms with van der Waals surface area (Å²) in [6, 6.07) is 9.93. The minimum atomic E-state index is 0. The maximum atomic E-state index is 5.43. The molecule has 0 atom stereocenters. The van der Waals surface area contributed by atoms with Crippen molar-refractivity contribution in [2.24, 2.45) is 0 Å². The van der Waals surface area contributed by atoms with Gasteiger partial charge in [0.1, 0.15) is 18.1 Å². The van der Waals surface area contributed by atoms with Gasteiger partial charge >= 0.3 is 0 Å². The van der Waals surface area contributed by atoms with Crippen LogP contribution in [0.1, 0.15) is 17.0 Å². The van der Waals surface area contributed by atoms with E-state index < -0.39 is 0 Å². The molecule has 0 aliphatic heterocycles. The Balaban J connectivity index is 0.00000200. The van der Waals surface area contributed by atoms with Gasteiger partial charge in [0.15, 0.2) is 0 Å². The van der Waals surface area contributed by atoms with Crippen LogP contribution in [0.3, 0.4) is 0 Å². The molecular weight excluding hydrogens is 276 g/mol. The van der Waals surface area contributed by atoms with Crippen molar-refractivity contribution in [3.05, 3.63) is 60.0 Å². The monoisotopic (exact) mass is 294 g/mol. The number of aryl methyl sites for hydroxylation is 1. The summed E-state index contributed by atoms with van der Waals surface area (Å²) in [6.07, 6.45) is 1.73. The number of aromatic nitrogens is 1. The molecule has 5 heteroatoms. The molecule has 0 amide bonds. The standard InChI is InChI=1S/C15H18N2O2.ClH/c1-3-8-18-15-6-4-13(5-7-15)10-16-11-14-9-12(2)19-17-14;/h3-7,9,16H,1,8,10-11H2,2H3;1H. The molecule has 20 heavy (non-hydrogen) atoms. The van der Waals surface area contributed by atoms with Crippen LogP contribution in [0.2, 0.25) is 0 Å². The highest BCUT2D eigenvalue weighted by molar-refractivity contribution is 5.85. The lowest BCUT2D eigenvalue weighted by Crippen LogP contribution is -2.12. The Kier molecular flexibility index (Phi) is 6.84. The Morgan fingerprint density at radius 3 is 2.65 bits per heavy atom. The van der Waals surface area contributed by atoms with Crippen molar-refractivity contribution in [3.63, 3.8) is 0 Å². The zero-order valence-electron chi connectivity index (χ0n) is 11.5. The average molecular weight is 295 g/mol. The molecule has 4 nitrogen and oxygen atoms in total. The lowest BCUT2D eigenvalue weighted by Gasteiger charge is -2.05. The fraction of sp³-hybridized carbons (Fsp3) is 0.267. The predicted octanol–water partition coefficient (Wildman–Crippen LogP) is 3.26. The van der Waals surface area contributed by atoms with Gasteiger partial charge in [0.05, 0.1) is 5.69 Å². The average Bonchev–Trinajstić information content (AvgIpc) is 2.84. The first kappa shape index (κ1) is 16.3. The van der Waals surface area contributed by atoms with Gasteiger partial charge in [-0.25, -0.2) is 0 Å². The zero-order valence-corrected chi connectivity index (χ0v) is 12.3. The molecule has 0 fully saturated rings. The Labute approximate surface area is 125 Å². The first-order valence-corrected chi connectivity index (χ1v) is 6.23. The van der Waals surface area contributed by atoms with Gasteiger partial charge in [-0.3, -0.25) is 0 Å². The summed E-state index contributed by atoms with van der Waals surface area (Å²) in [5.41, 5.74) is 2.12.